The summed E-state index contributed by atoms with van der Waals surface area (Å²) in [6.45, 7) is 0. The van der Waals surface area contributed by atoms with Gasteiger partial charge in [0, 0.05) is 10.8 Å². The van der Waals surface area contributed by atoms with Gasteiger partial charge in [0.2, 0.25) is 0 Å². The van der Waals surface area contributed by atoms with Crippen molar-refractivity contribution in [2.45, 2.75) is 31.1 Å². The fourth-order valence-electron chi connectivity index (χ4n) is 2.69. The third-order valence-corrected chi connectivity index (χ3v) is 4.99. The normalized spacial score (nSPS) is 16.6. The fourth-order valence-corrected chi connectivity index (χ4v) is 3.79. The van der Waals surface area contributed by atoms with Crippen molar-refractivity contribution in [3.05, 3.63) is 51.7 Å². The first-order valence-electron chi connectivity index (χ1n) is 6.53. The molecule has 3 rings (SSSR count). The van der Waals surface area contributed by atoms with E-state index in [1.54, 1.807) is 0 Å². The highest BCUT2D eigenvalue weighted by Crippen LogP contribution is 2.49. The minimum Gasteiger partial charge on any atom is -0.481 e. The Hall–Kier alpha value is -1.75. The molecule has 0 unspecified atom stereocenters. The van der Waals surface area contributed by atoms with Gasteiger partial charge in [0.1, 0.15) is 10.8 Å². The molecule has 1 saturated carbocycles. The minimum absolute atomic E-state index is 0.0456. The topological polar surface area (TPSA) is 50.2 Å². The molecule has 1 heterocycles. The molecular formula is C15H14FNO2S. The van der Waals surface area contributed by atoms with E-state index in [0.29, 0.717) is 5.69 Å². The van der Waals surface area contributed by atoms with Crippen molar-refractivity contribution in [3.63, 3.8) is 0 Å². The highest BCUT2D eigenvalue weighted by atomic mass is 32.1. The Labute approximate surface area is 120 Å². The van der Waals surface area contributed by atoms with Crippen LogP contribution in [0.3, 0.4) is 0 Å². The third-order valence-electron chi connectivity index (χ3n) is 3.90. The van der Waals surface area contributed by atoms with E-state index in [-0.39, 0.29) is 17.7 Å². The monoisotopic (exact) mass is 291 g/mol. The molecule has 1 aliphatic carbocycles. The van der Waals surface area contributed by atoms with Gasteiger partial charge in [-0.2, -0.15) is 0 Å². The first-order valence-corrected chi connectivity index (χ1v) is 7.41. The maximum atomic E-state index is 13.1. The van der Waals surface area contributed by atoms with Gasteiger partial charge in [0.15, 0.2) is 0 Å². The third kappa shape index (κ3) is 2.22. The summed E-state index contributed by atoms with van der Waals surface area (Å²) in [5, 5.41) is 11.6. The van der Waals surface area contributed by atoms with Gasteiger partial charge in [-0.25, -0.2) is 9.37 Å². The number of hydrogen-bond donors (Lipinski definition) is 1. The lowest BCUT2D eigenvalue weighted by Crippen LogP contribution is -2.35. The van der Waals surface area contributed by atoms with E-state index in [9.17, 15) is 9.18 Å². The lowest BCUT2D eigenvalue weighted by atomic mass is 9.65. The van der Waals surface area contributed by atoms with Crippen molar-refractivity contribution < 1.29 is 14.3 Å². The molecule has 20 heavy (non-hydrogen) atoms. The van der Waals surface area contributed by atoms with E-state index in [0.717, 1.165) is 29.8 Å². The predicted molar refractivity (Wildman–Crippen MR) is 74.5 cm³/mol. The summed E-state index contributed by atoms with van der Waals surface area (Å²) in [5.74, 6) is -1.11. The van der Waals surface area contributed by atoms with Gasteiger partial charge in [-0.05, 0) is 30.5 Å². The Bertz CT molecular complexity index is 632. The number of hydrogen-bond acceptors (Lipinski definition) is 3. The molecule has 0 spiro atoms. The summed E-state index contributed by atoms with van der Waals surface area (Å²) in [5.41, 5.74) is 1.53. The second-order valence-electron chi connectivity index (χ2n) is 5.16. The molecule has 0 amide bonds. The first kappa shape index (κ1) is 13.2. The SMILES string of the molecule is O=C(O)Cc1csc(C2(c3ccc(F)cc3)CCC2)n1. The van der Waals surface area contributed by atoms with Gasteiger partial charge in [0.25, 0.3) is 0 Å². The molecule has 0 radical (unpaired) electrons. The average molecular weight is 291 g/mol. The van der Waals surface area contributed by atoms with Gasteiger partial charge in [-0.3, -0.25) is 4.79 Å². The summed E-state index contributed by atoms with van der Waals surface area (Å²) in [7, 11) is 0. The number of halogens is 1. The van der Waals surface area contributed by atoms with E-state index in [1.807, 2.05) is 17.5 Å². The molecule has 1 aromatic heterocycles. The van der Waals surface area contributed by atoms with Crippen LogP contribution in [0.15, 0.2) is 29.6 Å². The predicted octanol–water partition coefficient (Wildman–Crippen LogP) is 3.38. The van der Waals surface area contributed by atoms with Crippen molar-refractivity contribution in [1.29, 1.82) is 0 Å². The van der Waals surface area contributed by atoms with E-state index >= 15 is 0 Å². The Balaban J connectivity index is 1.94. The van der Waals surface area contributed by atoms with Crippen LogP contribution >= 0.6 is 11.3 Å². The van der Waals surface area contributed by atoms with Crippen LogP contribution in [0.1, 0.15) is 35.5 Å². The van der Waals surface area contributed by atoms with Gasteiger partial charge in [-0.1, -0.05) is 18.6 Å². The van der Waals surface area contributed by atoms with E-state index < -0.39 is 5.97 Å². The van der Waals surface area contributed by atoms with Crippen LogP contribution in [0.25, 0.3) is 0 Å². The molecule has 1 aliphatic rings. The van der Waals surface area contributed by atoms with E-state index in [2.05, 4.69) is 4.98 Å². The van der Waals surface area contributed by atoms with Crippen molar-refractivity contribution in [1.82, 2.24) is 4.98 Å². The molecule has 0 saturated heterocycles. The Morgan fingerprint density at radius 1 is 1.35 bits per heavy atom. The van der Waals surface area contributed by atoms with Crippen molar-refractivity contribution in [2.75, 3.05) is 0 Å². The lowest BCUT2D eigenvalue weighted by molar-refractivity contribution is -0.136. The molecule has 3 nitrogen and oxygen atoms in total. The zero-order valence-corrected chi connectivity index (χ0v) is 11.6. The molecule has 0 atom stereocenters. The summed E-state index contributed by atoms with van der Waals surface area (Å²) < 4.78 is 13.1. The molecule has 1 aromatic carbocycles. The fraction of sp³-hybridized carbons (Fsp3) is 0.333. The summed E-state index contributed by atoms with van der Waals surface area (Å²) in [6, 6.07) is 6.57. The average Bonchev–Trinajstić information content (AvgIpc) is 2.78. The zero-order valence-electron chi connectivity index (χ0n) is 10.8. The van der Waals surface area contributed by atoms with Crippen LogP contribution in [-0.2, 0) is 16.6 Å². The summed E-state index contributed by atoms with van der Waals surface area (Å²) in [4.78, 5) is 15.2. The molecule has 0 bridgehead atoms. The van der Waals surface area contributed by atoms with Gasteiger partial charge < -0.3 is 5.11 Å². The number of carboxylic acid groups (broad SMARTS) is 1. The van der Waals surface area contributed by atoms with Crippen molar-refractivity contribution >= 4 is 17.3 Å². The number of nitrogens with zero attached hydrogens (tertiary/aromatic N) is 1. The summed E-state index contributed by atoms with van der Waals surface area (Å²) >= 11 is 1.51. The smallest absolute Gasteiger partial charge is 0.309 e. The molecule has 104 valence electrons. The molecule has 1 N–H and O–H groups in total. The highest BCUT2D eigenvalue weighted by molar-refractivity contribution is 7.09. The van der Waals surface area contributed by atoms with Crippen LogP contribution in [0, 0.1) is 5.82 Å². The maximum Gasteiger partial charge on any atom is 0.309 e. The van der Waals surface area contributed by atoms with Crippen LogP contribution in [0.5, 0.6) is 0 Å². The Morgan fingerprint density at radius 3 is 2.60 bits per heavy atom. The summed E-state index contributed by atoms with van der Waals surface area (Å²) in [6.07, 6.45) is 3.04. The largest absolute Gasteiger partial charge is 0.481 e. The standard InChI is InChI=1S/C15H14FNO2S/c16-11-4-2-10(3-5-11)15(6-1-7-15)14-17-12(9-20-14)8-13(18)19/h2-5,9H,1,6-8H2,(H,18,19). The number of thiazole rings is 1. The number of aliphatic carboxylic acids is 1. The van der Waals surface area contributed by atoms with Crippen LogP contribution < -0.4 is 0 Å². The van der Waals surface area contributed by atoms with Gasteiger partial charge >= 0.3 is 5.97 Å². The molecule has 1 fully saturated rings. The molecule has 2 aromatic rings. The maximum absolute atomic E-state index is 13.1. The molecule has 5 heteroatoms. The number of aromatic nitrogens is 1. The Kier molecular flexibility index (Phi) is 3.30. The molecule has 0 aliphatic heterocycles. The zero-order chi connectivity index (χ0) is 14.2. The van der Waals surface area contributed by atoms with E-state index in [1.165, 1.54) is 23.5 Å². The van der Waals surface area contributed by atoms with Gasteiger partial charge in [-0.15, -0.1) is 11.3 Å². The Morgan fingerprint density at radius 2 is 2.05 bits per heavy atom. The van der Waals surface area contributed by atoms with Crippen molar-refractivity contribution in [3.8, 4) is 0 Å². The highest BCUT2D eigenvalue weighted by Gasteiger charge is 2.42. The van der Waals surface area contributed by atoms with Crippen LogP contribution in [-0.4, -0.2) is 16.1 Å². The van der Waals surface area contributed by atoms with Crippen LogP contribution in [0.2, 0.25) is 0 Å². The number of carbonyl (C=O) groups is 1. The first-order chi connectivity index (χ1) is 9.60. The number of benzene rings is 1. The lowest BCUT2D eigenvalue weighted by Gasteiger charge is -2.40. The second kappa shape index (κ2) is 4.98. The van der Waals surface area contributed by atoms with E-state index in [4.69, 9.17) is 5.11 Å². The van der Waals surface area contributed by atoms with Crippen molar-refractivity contribution in [2.24, 2.45) is 0 Å². The van der Waals surface area contributed by atoms with Crippen LogP contribution in [0.4, 0.5) is 4.39 Å². The quantitative estimate of drug-likeness (QED) is 0.939. The minimum atomic E-state index is -0.869. The molecular weight excluding hydrogens is 277 g/mol. The number of carboxylic acids is 1. The number of rotatable bonds is 4. The second-order valence-corrected chi connectivity index (χ2v) is 6.02. The van der Waals surface area contributed by atoms with Gasteiger partial charge in [0.05, 0.1) is 12.1 Å².